The van der Waals surface area contributed by atoms with Gasteiger partial charge in [0.2, 0.25) is 0 Å². The van der Waals surface area contributed by atoms with E-state index in [0.717, 1.165) is 34.7 Å². The first kappa shape index (κ1) is 19.5. The van der Waals surface area contributed by atoms with Crippen LogP contribution in [0.2, 0.25) is 5.02 Å². The van der Waals surface area contributed by atoms with Gasteiger partial charge in [-0.3, -0.25) is 9.48 Å². The number of hydrogen-bond acceptors (Lipinski definition) is 4. The molecule has 2 heterocycles. The maximum atomic E-state index is 12.4. The van der Waals surface area contributed by atoms with Crippen molar-refractivity contribution in [3.63, 3.8) is 0 Å². The van der Waals surface area contributed by atoms with E-state index in [1.165, 1.54) is 11.3 Å². The standard InChI is InChI=1S/C20H22ClN3O2S/c1-4-24-14(3)16(10-23-24)9-22-20(25)19-8-15(12-27-19)11-26-18-6-5-17(21)7-13(18)2/h5-8,10,12H,4,9,11H2,1-3H3,(H,22,25). The van der Waals surface area contributed by atoms with Crippen LogP contribution in [0.1, 0.15) is 39.0 Å². The zero-order valence-electron chi connectivity index (χ0n) is 15.6. The first-order valence-electron chi connectivity index (χ1n) is 8.73. The minimum atomic E-state index is -0.0856. The van der Waals surface area contributed by atoms with Gasteiger partial charge in [-0.05, 0) is 56.0 Å². The third-order valence-corrected chi connectivity index (χ3v) is 5.57. The number of aryl methyl sites for hydroxylation is 2. The maximum absolute atomic E-state index is 12.4. The number of ether oxygens (including phenoxy) is 1. The van der Waals surface area contributed by atoms with E-state index < -0.39 is 0 Å². The van der Waals surface area contributed by atoms with Gasteiger partial charge in [-0.15, -0.1) is 11.3 Å². The van der Waals surface area contributed by atoms with E-state index >= 15 is 0 Å². The first-order valence-corrected chi connectivity index (χ1v) is 9.99. The lowest BCUT2D eigenvalue weighted by atomic mass is 10.2. The summed E-state index contributed by atoms with van der Waals surface area (Å²) in [5.74, 6) is 0.706. The van der Waals surface area contributed by atoms with Crippen molar-refractivity contribution in [2.45, 2.75) is 40.5 Å². The molecule has 0 saturated heterocycles. The number of nitrogens with zero attached hydrogens (tertiary/aromatic N) is 2. The fourth-order valence-electron chi connectivity index (χ4n) is 2.75. The quantitative estimate of drug-likeness (QED) is 0.619. The van der Waals surface area contributed by atoms with Crippen LogP contribution in [0.4, 0.5) is 0 Å². The molecule has 0 aliphatic heterocycles. The lowest BCUT2D eigenvalue weighted by Crippen LogP contribution is -2.22. The molecule has 0 aliphatic carbocycles. The molecule has 0 spiro atoms. The average molecular weight is 404 g/mol. The SMILES string of the molecule is CCn1ncc(CNC(=O)c2cc(COc3ccc(Cl)cc3C)cs2)c1C. The first-order chi connectivity index (χ1) is 13.0. The highest BCUT2D eigenvalue weighted by Gasteiger charge is 2.12. The Hall–Kier alpha value is -2.31. The summed E-state index contributed by atoms with van der Waals surface area (Å²) in [4.78, 5) is 13.1. The van der Waals surface area contributed by atoms with Crippen molar-refractivity contribution in [2.75, 3.05) is 0 Å². The van der Waals surface area contributed by atoms with Gasteiger partial charge in [0.15, 0.2) is 0 Å². The lowest BCUT2D eigenvalue weighted by Gasteiger charge is -2.08. The monoisotopic (exact) mass is 403 g/mol. The minimum absolute atomic E-state index is 0.0856. The van der Waals surface area contributed by atoms with Crippen molar-refractivity contribution < 1.29 is 9.53 Å². The molecule has 2 aromatic heterocycles. The molecule has 0 unspecified atom stereocenters. The van der Waals surface area contributed by atoms with Crippen molar-refractivity contribution in [3.8, 4) is 5.75 Å². The van der Waals surface area contributed by atoms with Crippen LogP contribution in [-0.2, 0) is 19.7 Å². The number of thiophene rings is 1. The Morgan fingerprint density at radius 1 is 1.33 bits per heavy atom. The molecule has 0 radical (unpaired) electrons. The molecule has 3 rings (SSSR count). The van der Waals surface area contributed by atoms with Gasteiger partial charge in [-0.25, -0.2) is 0 Å². The molecule has 27 heavy (non-hydrogen) atoms. The largest absolute Gasteiger partial charge is 0.489 e. The number of nitrogens with one attached hydrogen (secondary N) is 1. The molecule has 0 atom stereocenters. The molecule has 0 fully saturated rings. The van der Waals surface area contributed by atoms with E-state index in [2.05, 4.69) is 10.4 Å². The van der Waals surface area contributed by atoms with Gasteiger partial charge in [0.1, 0.15) is 12.4 Å². The van der Waals surface area contributed by atoms with E-state index in [9.17, 15) is 4.79 Å². The van der Waals surface area contributed by atoms with E-state index in [0.29, 0.717) is 23.1 Å². The summed E-state index contributed by atoms with van der Waals surface area (Å²) in [7, 11) is 0. The van der Waals surface area contributed by atoms with Crippen LogP contribution in [0.15, 0.2) is 35.8 Å². The van der Waals surface area contributed by atoms with Crippen LogP contribution in [0.25, 0.3) is 0 Å². The zero-order chi connectivity index (χ0) is 19.4. The summed E-state index contributed by atoms with van der Waals surface area (Å²) < 4.78 is 7.75. The molecule has 0 aliphatic rings. The number of amides is 1. The second-order valence-corrected chi connectivity index (χ2v) is 7.62. The second kappa shape index (κ2) is 8.59. The van der Waals surface area contributed by atoms with Gasteiger partial charge in [-0.1, -0.05) is 11.6 Å². The summed E-state index contributed by atoms with van der Waals surface area (Å²) in [6.07, 6.45) is 1.81. The van der Waals surface area contributed by atoms with Gasteiger partial charge in [0.25, 0.3) is 5.91 Å². The molecule has 1 N–H and O–H groups in total. The normalized spacial score (nSPS) is 10.8. The molecular formula is C20H22ClN3O2S. The molecule has 1 aromatic carbocycles. The predicted molar refractivity (Wildman–Crippen MR) is 109 cm³/mol. The van der Waals surface area contributed by atoms with Gasteiger partial charge in [-0.2, -0.15) is 5.10 Å². The molecule has 1 amide bonds. The second-order valence-electron chi connectivity index (χ2n) is 6.27. The van der Waals surface area contributed by atoms with E-state index in [1.54, 1.807) is 12.3 Å². The smallest absolute Gasteiger partial charge is 0.261 e. The average Bonchev–Trinajstić information content (AvgIpc) is 3.26. The van der Waals surface area contributed by atoms with Crippen LogP contribution < -0.4 is 10.1 Å². The number of hydrogen-bond donors (Lipinski definition) is 1. The zero-order valence-corrected chi connectivity index (χ0v) is 17.2. The van der Waals surface area contributed by atoms with Crippen LogP contribution in [0.5, 0.6) is 5.75 Å². The fraction of sp³-hybridized carbons (Fsp3) is 0.300. The highest BCUT2D eigenvalue weighted by Crippen LogP contribution is 2.24. The van der Waals surface area contributed by atoms with Gasteiger partial charge >= 0.3 is 0 Å². The number of rotatable bonds is 7. The van der Waals surface area contributed by atoms with Crippen molar-refractivity contribution >= 4 is 28.8 Å². The van der Waals surface area contributed by atoms with Crippen LogP contribution in [0.3, 0.4) is 0 Å². The Morgan fingerprint density at radius 2 is 2.15 bits per heavy atom. The Balaban J connectivity index is 1.56. The van der Waals surface area contributed by atoms with Gasteiger partial charge in [0.05, 0.1) is 11.1 Å². The van der Waals surface area contributed by atoms with E-state index in [4.69, 9.17) is 16.3 Å². The summed E-state index contributed by atoms with van der Waals surface area (Å²) in [6.45, 7) is 7.71. The third-order valence-electron chi connectivity index (χ3n) is 4.35. The Kier molecular flexibility index (Phi) is 6.19. The topological polar surface area (TPSA) is 56.2 Å². The van der Waals surface area contributed by atoms with Gasteiger partial charge < -0.3 is 10.1 Å². The van der Waals surface area contributed by atoms with Crippen LogP contribution in [-0.4, -0.2) is 15.7 Å². The molecule has 7 heteroatoms. The molecule has 0 bridgehead atoms. The number of carbonyl (C=O) groups is 1. The highest BCUT2D eigenvalue weighted by atomic mass is 35.5. The molecule has 3 aromatic rings. The summed E-state index contributed by atoms with van der Waals surface area (Å²) in [5.41, 5.74) is 4.06. The number of aromatic nitrogens is 2. The number of carbonyl (C=O) groups excluding carboxylic acids is 1. The van der Waals surface area contributed by atoms with E-state index in [-0.39, 0.29) is 5.91 Å². The lowest BCUT2D eigenvalue weighted by molar-refractivity contribution is 0.0955. The number of benzene rings is 1. The fourth-order valence-corrected chi connectivity index (χ4v) is 3.79. The van der Waals surface area contributed by atoms with Gasteiger partial charge in [0, 0.05) is 34.9 Å². The summed E-state index contributed by atoms with van der Waals surface area (Å²) >= 11 is 7.38. The van der Waals surface area contributed by atoms with Crippen molar-refractivity contribution in [3.05, 3.63) is 68.1 Å². The van der Waals surface area contributed by atoms with Crippen molar-refractivity contribution in [2.24, 2.45) is 0 Å². The molecule has 142 valence electrons. The highest BCUT2D eigenvalue weighted by molar-refractivity contribution is 7.12. The third kappa shape index (κ3) is 4.70. The minimum Gasteiger partial charge on any atom is -0.489 e. The maximum Gasteiger partial charge on any atom is 0.261 e. The Bertz CT molecular complexity index is 949. The van der Waals surface area contributed by atoms with Crippen molar-refractivity contribution in [1.82, 2.24) is 15.1 Å². The predicted octanol–water partition coefficient (Wildman–Crippen LogP) is 4.74. The Labute approximate surface area is 167 Å². The van der Waals surface area contributed by atoms with Crippen molar-refractivity contribution in [1.29, 1.82) is 0 Å². The summed E-state index contributed by atoms with van der Waals surface area (Å²) in [5, 5.41) is 9.89. The number of halogens is 1. The van der Waals surface area contributed by atoms with Crippen LogP contribution in [0, 0.1) is 13.8 Å². The molecule has 0 saturated carbocycles. The summed E-state index contributed by atoms with van der Waals surface area (Å²) in [6, 6.07) is 7.40. The van der Waals surface area contributed by atoms with E-state index in [1.807, 2.05) is 49.0 Å². The Morgan fingerprint density at radius 3 is 2.85 bits per heavy atom. The van der Waals surface area contributed by atoms with Crippen LogP contribution >= 0.6 is 22.9 Å². The molecule has 5 nitrogen and oxygen atoms in total. The molecular weight excluding hydrogens is 382 g/mol.